The number of likely N-dealkylation sites (N-methyl/N-ethyl adjacent to an activating group) is 1. The highest BCUT2D eigenvalue weighted by atomic mass is 16.7. The van der Waals surface area contributed by atoms with Crippen LogP contribution in [0.25, 0.3) is 11.1 Å². The topological polar surface area (TPSA) is 130 Å². The average Bonchev–Trinajstić information content (AvgIpc) is 3.26. The van der Waals surface area contributed by atoms with Crippen molar-refractivity contribution in [3.63, 3.8) is 0 Å². The van der Waals surface area contributed by atoms with E-state index in [4.69, 9.17) is 14.2 Å². The number of carbonyl (C=O) groups is 2. The lowest BCUT2D eigenvalue weighted by Gasteiger charge is -2.43. The molecule has 57 heavy (non-hydrogen) atoms. The Labute approximate surface area is 335 Å². The Morgan fingerprint density at radius 3 is 2.11 bits per heavy atom. The Bertz CT molecular complexity index is 2030. The van der Waals surface area contributed by atoms with Crippen LogP contribution in [0.2, 0.25) is 0 Å². The van der Waals surface area contributed by atoms with Crippen molar-refractivity contribution in [1.82, 2.24) is 15.5 Å². The highest BCUT2D eigenvalue weighted by molar-refractivity contribution is 5.84. The average molecular weight is 772 g/mol. The number of esters is 1. The molecule has 0 aliphatic carbocycles. The van der Waals surface area contributed by atoms with E-state index in [0.29, 0.717) is 13.0 Å². The third-order valence-corrected chi connectivity index (χ3v) is 10.9. The second kappa shape index (κ2) is 19.7. The molecule has 1 fully saturated rings. The minimum atomic E-state index is -0.837. The molecule has 1 aliphatic rings. The SMILES string of the molecule is COC(=O)[C@H](Cc1ccccc1)NC(=O)NCc1ccccc1-c1ccc([C@H]2O[C@@H](CN(C)[C@H](C)[C@@H](O)c3ccccc3)[C@@H](C)[C@@H](c3ccc(CO)cc3)O2)cc1. The van der Waals surface area contributed by atoms with Gasteiger partial charge in [0.2, 0.25) is 0 Å². The van der Waals surface area contributed by atoms with E-state index < -0.39 is 30.4 Å². The van der Waals surface area contributed by atoms with Crippen LogP contribution < -0.4 is 10.6 Å². The van der Waals surface area contributed by atoms with Crippen LogP contribution >= 0.6 is 0 Å². The summed E-state index contributed by atoms with van der Waals surface area (Å²) < 4.78 is 18.4. The van der Waals surface area contributed by atoms with Crippen molar-refractivity contribution in [2.45, 2.75) is 70.1 Å². The second-order valence-corrected chi connectivity index (χ2v) is 14.7. The number of rotatable bonds is 15. The molecule has 4 N–H and O–H groups in total. The largest absolute Gasteiger partial charge is 0.467 e. The minimum absolute atomic E-state index is 0.0261. The molecular weight excluding hydrogens is 719 g/mol. The Hall–Kier alpha value is -5.36. The van der Waals surface area contributed by atoms with Crippen LogP contribution in [0.4, 0.5) is 4.79 Å². The smallest absolute Gasteiger partial charge is 0.328 e. The summed E-state index contributed by atoms with van der Waals surface area (Å²) in [6.45, 7) is 4.92. The summed E-state index contributed by atoms with van der Waals surface area (Å²) in [6, 6.07) is 41.4. The number of nitrogens with zero attached hydrogens (tertiary/aromatic N) is 1. The molecule has 0 radical (unpaired) electrons. The number of nitrogens with one attached hydrogen (secondary N) is 2. The number of urea groups is 1. The van der Waals surface area contributed by atoms with Gasteiger partial charge in [-0.3, -0.25) is 4.90 Å². The van der Waals surface area contributed by atoms with Gasteiger partial charge in [0.05, 0.1) is 32.0 Å². The number of carbonyl (C=O) groups excluding carboxylic acids is 2. The second-order valence-electron chi connectivity index (χ2n) is 14.7. The lowest BCUT2D eigenvalue weighted by Crippen LogP contribution is -2.47. The fraction of sp³-hybridized carbons (Fsp3) is 0.319. The molecule has 7 atom stereocenters. The summed E-state index contributed by atoms with van der Waals surface area (Å²) in [7, 11) is 3.32. The molecule has 0 aromatic heterocycles. The molecule has 5 aromatic rings. The van der Waals surface area contributed by atoms with Gasteiger partial charge in [-0.15, -0.1) is 0 Å². The van der Waals surface area contributed by atoms with Crippen LogP contribution in [-0.4, -0.2) is 66.0 Å². The zero-order valence-corrected chi connectivity index (χ0v) is 33.0. The van der Waals surface area contributed by atoms with Gasteiger partial charge in [0.1, 0.15) is 6.04 Å². The highest BCUT2D eigenvalue weighted by Crippen LogP contribution is 2.42. The van der Waals surface area contributed by atoms with Gasteiger partial charge >= 0.3 is 12.0 Å². The predicted molar refractivity (Wildman–Crippen MR) is 220 cm³/mol. The van der Waals surface area contributed by atoms with Crippen molar-refractivity contribution in [2.75, 3.05) is 20.7 Å². The molecule has 0 saturated carbocycles. The monoisotopic (exact) mass is 771 g/mol. The Kier molecular flexibility index (Phi) is 14.2. The molecule has 0 unspecified atom stereocenters. The fourth-order valence-electron chi connectivity index (χ4n) is 7.29. The molecule has 10 nitrogen and oxygen atoms in total. The molecule has 298 valence electrons. The zero-order chi connectivity index (χ0) is 40.3. The Morgan fingerprint density at radius 1 is 0.807 bits per heavy atom. The zero-order valence-electron chi connectivity index (χ0n) is 33.0. The van der Waals surface area contributed by atoms with Crippen LogP contribution in [0.5, 0.6) is 0 Å². The third kappa shape index (κ3) is 10.5. The predicted octanol–water partition coefficient (Wildman–Crippen LogP) is 7.27. The number of methoxy groups -OCH3 is 1. The molecule has 1 aliphatic heterocycles. The molecule has 0 spiro atoms. The first-order valence-corrected chi connectivity index (χ1v) is 19.4. The maximum atomic E-state index is 13.0. The lowest BCUT2D eigenvalue weighted by atomic mass is 9.89. The maximum absolute atomic E-state index is 13.0. The fourth-order valence-corrected chi connectivity index (χ4v) is 7.29. The van der Waals surface area contributed by atoms with E-state index in [0.717, 1.165) is 44.5 Å². The van der Waals surface area contributed by atoms with E-state index in [2.05, 4.69) is 22.5 Å². The number of aliphatic hydroxyl groups excluding tert-OH is 2. The van der Waals surface area contributed by atoms with E-state index in [-0.39, 0.29) is 37.3 Å². The van der Waals surface area contributed by atoms with Crippen molar-refractivity contribution >= 4 is 12.0 Å². The van der Waals surface area contributed by atoms with Crippen LogP contribution in [0.3, 0.4) is 0 Å². The summed E-state index contributed by atoms with van der Waals surface area (Å²) in [5, 5.41) is 26.6. The van der Waals surface area contributed by atoms with Crippen molar-refractivity contribution in [3.8, 4) is 11.1 Å². The number of hydrogen-bond acceptors (Lipinski definition) is 8. The van der Waals surface area contributed by atoms with Crippen molar-refractivity contribution in [3.05, 3.63) is 167 Å². The standard InChI is InChI=1S/C47H53N3O7/c1-31-42(29-50(3)32(2)43(52)36-15-9-6-10-16-36)56-46(57-44(31)37-21-19-34(30-51)20-22-37)38-25-23-35(24-26-38)40-18-12-11-17-39(40)28-48-47(54)49-41(45(53)55-4)27-33-13-7-5-8-14-33/h5-26,31-32,41-44,46,51-52H,27-30H2,1-4H3,(H2,48,49,54)/t31-,32-,41+,42+,43-,44+,46+/m1/s1. The van der Waals surface area contributed by atoms with E-state index in [1.165, 1.54) is 7.11 Å². The summed E-state index contributed by atoms with van der Waals surface area (Å²) in [5.41, 5.74) is 7.26. The highest BCUT2D eigenvalue weighted by Gasteiger charge is 2.39. The number of hydrogen-bond donors (Lipinski definition) is 4. The van der Waals surface area contributed by atoms with Gasteiger partial charge in [-0.25, -0.2) is 9.59 Å². The first-order valence-electron chi connectivity index (χ1n) is 19.4. The Balaban J connectivity index is 1.17. The molecule has 2 amide bonds. The molecule has 1 heterocycles. The first-order chi connectivity index (χ1) is 27.6. The number of ether oxygens (including phenoxy) is 3. The van der Waals surface area contributed by atoms with Gasteiger partial charge in [-0.2, -0.15) is 0 Å². The summed E-state index contributed by atoms with van der Waals surface area (Å²) in [4.78, 5) is 27.7. The molecule has 10 heteroatoms. The van der Waals surface area contributed by atoms with Gasteiger partial charge in [0.15, 0.2) is 6.29 Å². The summed E-state index contributed by atoms with van der Waals surface area (Å²) in [5.74, 6) is -0.544. The van der Waals surface area contributed by atoms with Crippen molar-refractivity contribution in [1.29, 1.82) is 0 Å². The molecule has 1 saturated heterocycles. The van der Waals surface area contributed by atoms with Gasteiger partial charge in [-0.05, 0) is 52.9 Å². The number of aliphatic hydroxyl groups is 2. The quantitative estimate of drug-likeness (QED) is 0.0819. The van der Waals surface area contributed by atoms with E-state index in [1.54, 1.807) is 0 Å². The molecular formula is C47H53N3O7. The van der Waals surface area contributed by atoms with E-state index in [9.17, 15) is 19.8 Å². The lowest BCUT2D eigenvalue weighted by molar-refractivity contribution is -0.276. The van der Waals surface area contributed by atoms with Crippen molar-refractivity contribution < 1.29 is 34.0 Å². The maximum Gasteiger partial charge on any atom is 0.328 e. The minimum Gasteiger partial charge on any atom is -0.467 e. The normalized spacial score (nSPS) is 19.6. The first kappa shape index (κ1) is 41.3. The Morgan fingerprint density at radius 2 is 1.44 bits per heavy atom. The van der Waals surface area contributed by atoms with E-state index in [1.807, 2.05) is 147 Å². The summed E-state index contributed by atoms with van der Waals surface area (Å²) >= 11 is 0. The molecule has 0 bridgehead atoms. The van der Waals surface area contributed by atoms with Crippen molar-refractivity contribution in [2.24, 2.45) is 5.92 Å². The molecule has 5 aromatic carbocycles. The van der Waals surface area contributed by atoms with Crippen LogP contribution in [0, 0.1) is 5.92 Å². The van der Waals surface area contributed by atoms with Gasteiger partial charge in [0.25, 0.3) is 0 Å². The van der Waals surface area contributed by atoms with Gasteiger partial charge in [-0.1, -0.05) is 140 Å². The third-order valence-electron chi connectivity index (χ3n) is 10.9. The number of benzene rings is 5. The van der Waals surface area contributed by atoms with Gasteiger partial charge < -0.3 is 35.1 Å². The van der Waals surface area contributed by atoms with Crippen LogP contribution in [-0.2, 0) is 38.6 Å². The summed E-state index contributed by atoms with van der Waals surface area (Å²) in [6.07, 6.45) is -1.54. The molecule has 6 rings (SSSR count). The van der Waals surface area contributed by atoms with Crippen LogP contribution in [0.15, 0.2) is 133 Å². The number of amides is 2. The van der Waals surface area contributed by atoms with Crippen LogP contribution in [0.1, 0.15) is 65.7 Å². The van der Waals surface area contributed by atoms with E-state index >= 15 is 0 Å². The van der Waals surface area contributed by atoms with Gasteiger partial charge in [0, 0.05) is 37.0 Å².